The zero-order chi connectivity index (χ0) is 16.2. The number of amides is 1. The standard InChI is InChI=1S/C15H16N6OS/c1-10-11(2)23-15(21-9-18-19-20-21)13(10)14(22)17-8-6-12-5-3-4-7-16-12/h3-5,7,9H,6,8H2,1-2H3,(H,17,22). The number of aromatic nitrogens is 5. The minimum absolute atomic E-state index is 0.117. The second kappa shape index (κ2) is 6.66. The van der Waals surface area contributed by atoms with Crippen molar-refractivity contribution in [1.29, 1.82) is 0 Å². The second-order valence-electron chi connectivity index (χ2n) is 5.04. The smallest absolute Gasteiger partial charge is 0.254 e. The summed E-state index contributed by atoms with van der Waals surface area (Å²) in [7, 11) is 0. The van der Waals surface area contributed by atoms with Crippen LogP contribution in [-0.2, 0) is 6.42 Å². The fraction of sp³-hybridized carbons (Fsp3) is 0.267. The first-order chi connectivity index (χ1) is 11.2. The predicted molar refractivity (Wildman–Crippen MR) is 86.8 cm³/mol. The highest BCUT2D eigenvalue weighted by atomic mass is 32.1. The van der Waals surface area contributed by atoms with Gasteiger partial charge in [-0.15, -0.1) is 16.4 Å². The van der Waals surface area contributed by atoms with Gasteiger partial charge in [-0.05, 0) is 42.0 Å². The lowest BCUT2D eigenvalue weighted by Crippen LogP contribution is -2.27. The van der Waals surface area contributed by atoms with Gasteiger partial charge in [0.05, 0.1) is 5.56 Å². The number of nitrogens with one attached hydrogen (secondary N) is 1. The number of thiophene rings is 1. The van der Waals surface area contributed by atoms with Gasteiger partial charge in [-0.3, -0.25) is 9.78 Å². The van der Waals surface area contributed by atoms with E-state index in [9.17, 15) is 4.79 Å². The van der Waals surface area contributed by atoms with Crippen LogP contribution in [0.25, 0.3) is 5.00 Å². The third-order valence-electron chi connectivity index (χ3n) is 3.54. The molecule has 0 aromatic carbocycles. The SMILES string of the molecule is Cc1sc(-n2cnnn2)c(C(=O)NCCc2ccccn2)c1C. The van der Waals surface area contributed by atoms with Crippen LogP contribution in [0.3, 0.4) is 0 Å². The molecule has 0 aliphatic rings. The third kappa shape index (κ3) is 3.26. The van der Waals surface area contributed by atoms with Crippen LogP contribution in [0.5, 0.6) is 0 Å². The number of rotatable bonds is 5. The molecule has 0 saturated heterocycles. The molecular weight excluding hydrogens is 312 g/mol. The van der Waals surface area contributed by atoms with Crippen LogP contribution in [0.2, 0.25) is 0 Å². The lowest BCUT2D eigenvalue weighted by molar-refractivity contribution is 0.0953. The van der Waals surface area contributed by atoms with Gasteiger partial charge in [0, 0.05) is 29.7 Å². The topological polar surface area (TPSA) is 85.6 Å². The van der Waals surface area contributed by atoms with E-state index < -0.39 is 0 Å². The molecule has 0 spiro atoms. The van der Waals surface area contributed by atoms with Gasteiger partial charge in [0.2, 0.25) is 0 Å². The Morgan fingerprint density at radius 2 is 2.22 bits per heavy atom. The van der Waals surface area contributed by atoms with E-state index in [0.29, 0.717) is 18.5 Å². The lowest BCUT2D eigenvalue weighted by atomic mass is 10.1. The van der Waals surface area contributed by atoms with Gasteiger partial charge in [-0.2, -0.15) is 4.68 Å². The predicted octanol–water partition coefficient (Wildman–Crippen LogP) is 1.71. The number of pyridine rings is 1. The zero-order valence-electron chi connectivity index (χ0n) is 12.9. The Labute approximate surface area is 137 Å². The molecule has 0 aliphatic carbocycles. The van der Waals surface area contributed by atoms with Crippen LogP contribution in [-0.4, -0.2) is 37.6 Å². The highest BCUT2D eigenvalue weighted by Crippen LogP contribution is 2.29. The Morgan fingerprint density at radius 3 is 2.91 bits per heavy atom. The fourth-order valence-corrected chi connectivity index (χ4v) is 3.30. The monoisotopic (exact) mass is 328 g/mol. The maximum absolute atomic E-state index is 12.6. The van der Waals surface area contributed by atoms with E-state index in [0.717, 1.165) is 21.1 Å². The van der Waals surface area contributed by atoms with Crippen LogP contribution < -0.4 is 5.32 Å². The van der Waals surface area contributed by atoms with Gasteiger partial charge < -0.3 is 5.32 Å². The van der Waals surface area contributed by atoms with E-state index in [1.807, 2.05) is 32.0 Å². The fourth-order valence-electron chi connectivity index (χ4n) is 2.23. The number of carbonyl (C=O) groups excluding carboxylic acids is 1. The first-order valence-electron chi connectivity index (χ1n) is 7.18. The summed E-state index contributed by atoms with van der Waals surface area (Å²) in [6, 6.07) is 5.75. The number of carbonyl (C=O) groups is 1. The van der Waals surface area contributed by atoms with Crippen molar-refractivity contribution in [3.8, 4) is 5.00 Å². The average molecular weight is 328 g/mol. The molecule has 1 N–H and O–H groups in total. The van der Waals surface area contributed by atoms with E-state index in [-0.39, 0.29) is 5.91 Å². The molecule has 0 unspecified atom stereocenters. The van der Waals surface area contributed by atoms with Gasteiger partial charge in [-0.1, -0.05) is 6.07 Å². The summed E-state index contributed by atoms with van der Waals surface area (Å²) in [5, 5.41) is 14.9. The molecule has 0 atom stereocenters. The number of nitrogens with zero attached hydrogens (tertiary/aromatic N) is 5. The van der Waals surface area contributed by atoms with Crippen LogP contribution >= 0.6 is 11.3 Å². The quantitative estimate of drug-likeness (QED) is 0.770. The average Bonchev–Trinajstić information content (AvgIpc) is 3.17. The molecular formula is C15H16N6OS. The molecule has 7 nitrogen and oxygen atoms in total. The van der Waals surface area contributed by atoms with E-state index >= 15 is 0 Å². The number of tetrazole rings is 1. The summed E-state index contributed by atoms with van der Waals surface area (Å²) < 4.78 is 1.53. The van der Waals surface area contributed by atoms with Crippen molar-refractivity contribution in [2.45, 2.75) is 20.3 Å². The number of hydrogen-bond acceptors (Lipinski definition) is 6. The van der Waals surface area contributed by atoms with E-state index in [4.69, 9.17) is 0 Å². The Kier molecular flexibility index (Phi) is 4.42. The molecule has 0 bridgehead atoms. The van der Waals surface area contributed by atoms with Crippen molar-refractivity contribution in [2.75, 3.05) is 6.54 Å². The molecule has 1 amide bonds. The zero-order valence-corrected chi connectivity index (χ0v) is 13.7. The van der Waals surface area contributed by atoms with Crippen LogP contribution in [0.15, 0.2) is 30.7 Å². The minimum Gasteiger partial charge on any atom is -0.352 e. The maximum Gasteiger partial charge on any atom is 0.254 e. The maximum atomic E-state index is 12.6. The lowest BCUT2D eigenvalue weighted by Gasteiger charge is -2.07. The van der Waals surface area contributed by atoms with Gasteiger partial charge in [-0.25, -0.2) is 0 Å². The molecule has 3 heterocycles. The van der Waals surface area contributed by atoms with Crippen LogP contribution in [0.4, 0.5) is 0 Å². The summed E-state index contributed by atoms with van der Waals surface area (Å²) in [6.45, 7) is 4.45. The Morgan fingerprint density at radius 1 is 1.35 bits per heavy atom. The molecule has 23 heavy (non-hydrogen) atoms. The summed E-state index contributed by atoms with van der Waals surface area (Å²) in [5.41, 5.74) is 2.53. The normalized spacial score (nSPS) is 10.7. The molecule has 3 aromatic heterocycles. The van der Waals surface area contributed by atoms with Crippen molar-refractivity contribution >= 4 is 17.2 Å². The van der Waals surface area contributed by atoms with Crippen LogP contribution in [0.1, 0.15) is 26.5 Å². The van der Waals surface area contributed by atoms with E-state index in [1.165, 1.54) is 22.3 Å². The molecule has 3 aromatic rings. The number of hydrogen-bond donors (Lipinski definition) is 1. The molecule has 8 heteroatoms. The van der Waals surface area contributed by atoms with Crippen molar-refractivity contribution < 1.29 is 4.79 Å². The molecule has 0 saturated carbocycles. The highest BCUT2D eigenvalue weighted by molar-refractivity contribution is 7.15. The van der Waals surface area contributed by atoms with Gasteiger partial charge in [0.1, 0.15) is 11.3 Å². The van der Waals surface area contributed by atoms with Crippen molar-refractivity contribution in [3.05, 3.63) is 52.4 Å². The van der Waals surface area contributed by atoms with Gasteiger partial charge in [0.15, 0.2) is 0 Å². The van der Waals surface area contributed by atoms with Crippen molar-refractivity contribution in [3.63, 3.8) is 0 Å². The minimum atomic E-state index is -0.117. The third-order valence-corrected chi connectivity index (χ3v) is 4.74. The first kappa shape index (κ1) is 15.3. The molecule has 0 radical (unpaired) electrons. The largest absolute Gasteiger partial charge is 0.352 e. The van der Waals surface area contributed by atoms with Crippen molar-refractivity contribution in [1.82, 2.24) is 30.5 Å². The summed E-state index contributed by atoms with van der Waals surface area (Å²) >= 11 is 1.50. The summed E-state index contributed by atoms with van der Waals surface area (Å²) in [4.78, 5) is 17.9. The summed E-state index contributed by atoms with van der Waals surface area (Å²) in [6.07, 6.45) is 3.93. The second-order valence-corrected chi connectivity index (χ2v) is 6.25. The Bertz CT molecular complexity index is 797. The molecule has 3 rings (SSSR count). The van der Waals surface area contributed by atoms with Gasteiger partial charge >= 0.3 is 0 Å². The number of aryl methyl sites for hydroxylation is 1. The van der Waals surface area contributed by atoms with E-state index in [1.54, 1.807) is 6.20 Å². The van der Waals surface area contributed by atoms with Crippen LogP contribution in [0, 0.1) is 13.8 Å². The first-order valence-corrected chi connectivity index (χ1v) is 8.00. The summed E-state index contributed by atoms with van der Waals surface area (Å²) in [5.74, 6) is -0.117. The van der Waals surface area contributed by atoms with Crippen molar-refractivity contribution in [2.24, 2.45) is 0 Å². The molecule has 0 aliphatic heterocycles. The molecule has 0 fully saturated rings. The van der Waals surface area contributed by atoms with E-state index in [2.05, 4.69) is 25.8 Å². The molecule has 118 valence electrons. The highest BCUT2D eigenvalue weighted by Gasteiger charge is 2.21. The van der Waals surface area contributed by atoms with Gasteiger partial charge in [0.25, 0.3) is 5.91 Å². The Hall–Kier alpha value is -2.61. The Balaban J connectivity index is 1.75.